The molecule has 9 heteroatoms. The first-order chi connectivity index (χ1) is 16.9. The molecular weight excluding hydrogens is 450 g/mol. The van der Waals surface area contributed by atoms with Crippen molar-refractivity contribution in [1.29, 1.82) is 0 Å². The summed E-state index contributed by atoms with van der Waals surface area (Å²) in [6.45, 7) is 0. The fourth-order valence-corrected chi connectivity index (χ4v) is 3.93. The van der Waals surface area contributed by atoms with Crippen molar-refractivity contribution < 1.29 is 28.8 Å². The summed E-state index contributed by atoms with van der Waals surface area (Å²) in [7, 11) is 7.98. The summed E-state index contributed by atoms with van der Waals surface area (Å²) in [5.74, 6) is 1.46. The predicted molar refractivity (Wildman–Crippen MR) is 132 cm³/mol. The van der Waals surface area contributed by atoms with Gasteiger partial charge in [-0.15, -0.1) is 0 Å². The predicted octanol–water partition coefficient (Wildman–Crippen LogP) is 4.54. The number of aromatic nitrogens is 3. The van der Waals surface area contributed by atoms with Crippen molar-refractivity contribution in [1.82, 2.24) is 14.5 Å². The zero-order valence-electron chi connectivity index (χ0n) is 20.0. The smallest absolute Gasteiger partial charge is 0.338 e. The van der Waals surface area contributed by atoms with Crippen LogP contribution in [-0.4, -0.2) is 54.1 Å². The molecule has 2 aromatic carbocycles. The van der Waals surface area contributed by atoms with Crippen LogP contribution in [0.1, 0.15) is 21.9 Å². The molecule has 0 aliphatic carbocycles. The van der Waals surface area contributed by atoms with Gasteiger partial charge in [0.2, 0.25) is 0 Å². The molecule has 0 spiro atoms. The Hall–Kier alpha value is -4.53. The van der Waals surface area contributed by atoms with Crippen LogP contribution in [-0.2, 0) is 7.05 Å². The van der Waals surface area contributed by atoms with Crippen LogP contribution in [0.3, 0.4) is 0 Å². The average Bonchev–Trinajstić information content (AvgIpc) is 3.29. The van der Waals surface area contributed by atoms with Gasteiger partial charge in [0.15, 0.2) is 23.0 Å². The van der Waals surface area contributed by atoms with Gasteiger partial charge in [-0.3, -0.25) is 0 Å². The maximum atomic E-state index is 12.6. The number of pyridine rings is 1. The maximum absolute atomic E-state index is 12.6. The van der Waals surface area contributed by atoms with Gasteiger partial charge >= 0.3 is 5.97 Å². The van der Waals surface area contributed by atoms with Gasteiger partial charge in [0, 0.05) is 36.5 Å². The Morgan fingerprint density at radius 2 is 1.57 bits per heavy atom. The highest BCUT2D eigenvalue weighted by Gasteiger charge is 2.23. The molecule has 2 heterocycles. The molecule has 35 heavy (non-hydrogen) atoms. The number of methoxy groups -OCH3 is 4. The largest absolute Gasteiger partial charge is 0.493 e. The van der Waals surface area contributed by atoms with E-state index in [1.54, 1.807) is 62.0 Å². The molecule has 0 bridgehead atoms. The van der Waals surface area contributed by atoms with Crippen molar-refractivity contribution in [2.24, 2.45) is 7.05 Å². The Balaban J connectivity index is 2.09. The minimum absolute atomic E-state index is 0.0300. The zero-order valence-corrected chi connectivity index (χ0v) is 20.0. The van der Waals surface area contributed by atoms with Gasteiger partial charge in [-0.1, -0.05) is 6.07 Å². The van der Waals surface area contributed by atoms with Crippen LogP contribution in [0.5, 0.6) is 23.0 Å². The highest BCUT2D eigenvalue weighted by Crippen LogP contribution is 2.41. The van der Waals surface area contributed by atoms with E-state index in [1.165, 1.54) is 21.3 Å². The monoisotopic (exact) mass is 475 g/mol. The van der Waals surface area contributed by atoms with Gasteiger partial charge in [0.05, 0.1) is 45.2 Å². The normalized spacial score (nSPS) is 11.1. The van der Waals surface area contributed by atoms with Crippen molar-refractivity contribution in [3.05, 3.63) is 59.8 Å². The first kappa shape index (κ1) is 23.6. The van der Waals surface area contributed by atoms with Crippen LogP contribution >= 0.6 is 0 Å². The number of hydrogen-bond acceptors (Lipinski definition) is 7. The average molecular weight is 476 g/mol. The number of ether oxygens (including phenoxy) is 4. The summed E-state index contributed by atoms with van der Waals surface area (Å²) in [6.07, 6.45) is 6.83. The maximum Gasteiger partial charge on any atom is 0.338 e. The molecule has 0 aliphatic rings. The Bertz CT molecular complexity index is 1440. The van der Waals surface area contributed by atoms with Crippen LogP contribution in [0.2, 0.25) is 0 Å². The summed E-state index contributed by atoms with van der Waals surface area (Å²) in [5, 5.41) is 10.9. The second kappa shape index (κ2) is 9.76. The number of hydrogen-bond donors (Lipinski definition) is 1. The first-order valence-corrected chi connectivity index (χ1v) is 10.6. The number of benzene rings is 2. The number of carboxylic acids is 1. The summed E-state index contributed by atoms with van der Waals surface area (Å²) in [6, 6.07) is 8.71. The summed E-state index contributed by atoms with van der Waals surface area (Å²) in [5.41, 5.74) is 1.92. The number of rotatable bonds is 8. The van der Waals surface area contributed by atoms with Gasteiger partial charge in [-0.25, -0.2) is 14.8 Å². The lowest BCUT2D eigenvalue weighted by Gasteiger charge is -2.17. The van der Waals surface area contributed by atoms with Crippen molar-refractivity contribution in [3.63, 3.8) is 0 Å². The second-order valence-electron chi connectivity index (χ2n) is 7.58. The molecule has 4 rings (SSSR count). The van der Waals surface area contributed by atoms with Crippen LogP contribution in [0.4, 0.5) is 0 Å². The number of fused-ring (bicyclic) bond motifs is 1. The lowest BCUT2D eigenvalue weighted by molar-refractivity contribution is 0.0697. The highest BCUT2D eigenvalue weighted by molar-refractivity contribution is 6.09. The minimum atomic E-state index is -1.13. The summed E-state index contributed by atoms with van der Waals surface area (Å²) in [4.78, 5) is 21.6. The van der Waals surface area contributed by atoms with Crippen molar-refractivity contribution in [3.8, 4) is 34.1 Å². The van der Waals surface area contributed by atoms with E-state index < -0.39 is 5.97 Å². The van der Waals surface area contributed by atoms with Crippen LogP contribution in [0, 0.1) is 0 Å². The standard InChI is InChI=1S/C26H25N3O6/c1-29-11-10-27-23(29)9-7-17-25(26(30)31)24(15-6-8-19(32-2)20(12-15)33-3)16-13-21(34-4)22(35-5)14-18(16)28-17/h6-14H,1-5H3,(H,30,31). The fraction of sp³-hybridized carbons (Fsp3) is 0.192. The number of nitrogens with zero attached hydrogens (tertiary/aromatic N) is 3. The number of carboxylic acid groups (broad SMARTS) is 1. The van der Waals surface area contributed by atoms with E-state index in [-0.39, 0.29) is 11.3 Å². The quantitative estimate of drug-likeness (QED) is 0.396. The van der Waals surface area contributed by atoms with Gasteiger partial charge in [0.1, 0.15) is 5.82 Å². The third-order valence-corrected chi connectivity index (χ3v) is 5.65. The molecule has 4 aromatic rings. The van der Waals surface area contributed by atoms with Crippen molar-refractivity contribution in [2.45, 2.75) is 0 Å². The topological polar surface area (TPSA) is 105 Å². The van der Waals surface area contributed by atoms with Crippen LogP contribution in [0.25, 0.3) is 34.2 Å². The molecule has 9 nitrogen and oxygen atoms in total. The molecule has 0 amide bonds. The molecular formula is C26H25N3O6. The number of carbonyl (C=O) groups is 1. The van der Waals surface area contributed by atoms with E-state index in [4.69, 9.17) is 18.9 Å². The molecule has 0 atom stereocenters. The first-order valence-electron chi connectivity index (χ1n) is 10.6. The highest BCUT2D eigenvalue weighted by atomic mass is 16.5. The number of aryl methyl sites for hydroxylation is 1. The minimum Gasteiger partial charge on any atom is -0.493 e. The van der Waals surface area contributed by atoms with E-state index in [9.17, 15) is 9.90 Å². The molecule has 180 valence electrons. The number of imidazole rings is 1. The zero-order chi connectivity index (χ0) is 25.1. The lowest BCUT2D eigenvalue weighted by Crippen LogP contribution is -2.07. The summed E-state index contributed by atoms with van der Waals surface area (Å²) < 4.78 is 23.6. The third kappa shape index (κ3) is 4.35. The molecule has 0 radical (unpaired) electrons. The Morgan fingerprint density at radius 3 is 2.17 bits per heavy atom. The molecule has 0 unspecified atom stereocenters. The van der Waals surface area contributed by atoms with Crippen LogP contribution in [0.15, 0.2) is 42.7 Å². The van der Waals surface area contributed by atoms with E-state index in [0.29, 0.717) is 50.9 Å². The van der Waals surface area contributed by atoms with Gasteiger partial charge in [-0.05, 0) is 35.9 Å². The molecule has 2 aromatic heterocycles. The fourth-order valence-electron chi connectivity index (χ4n) is 3.93. The third-order valence-electron chi connectivity index (χ3n) is 5.65. The molecule has 1 N–H and O–H groups in total. The van der Waals surface area contributed by atoms with Crippen LogP contribution < -0.4 is 18.9 Å². The Morgan fingerprint density at radius 1 is 0.914 bits per heavy atom. The van der Waals surface area contributed by atoms with Crippen molar-refractivity contribution >= 4 is 29.0 Å². The molecule has 0 fully saturated rings. The second-order valence-corrected chi connectivity index (χ2v) is 7.58. The Labute approximate surface area is 202 Å². The molecule has 0 saturated carbocycles. The van der Waals surface area contributed by atoms with Gasteiger partial charge in [0.25, 0.3) is 0 Å². The van der Waals surface area contributed by atoms with Crippen molar-refractivity contribution in [2.75, 3.05) is 28.4 Å². The van der Waals surface area contributed by atoms with E-state index in [0.717, 1.165) is 0 Å². The summed E-state index contributed by atoms with van der Waals surface area (Å²) >= 11 is 0. The van der Waals surface area contributed by atoms with E-state index in [1.807, 2.05) is 11.6 Å². The van der Waals surface area contributed by atoms with E-state index >= 15 is 0 Å². The van der Waals surface area contributed by atoms with Gasteiger partial charge in [-0.2, -0.15) is 0 Å². The SMILES string of the molecule is COc1ccc(-c2c(C(=O)O)c(C=Cc3nccn3C)nc3cc(OC)c(OC)cc23)cc1OC. The molecule has 0 aliphatic heterocycles. The molecule has 0 saturated heterocycles. The lowest BCUT2D eigenvalue weighted by atomic mass is 9.93. The van der Waals surface area contributed by atoms with Gasteiger partial charge < -0.3 is 28.6 Å². The van der Waals surface area contributed by atoms with E-state index in [2.05, 4.69) is 9.97 Å². The Kier molecular flexibility index (Phi) is 6.59. The number of aromatic carboxylic acids is 1.